The second-order valence-electron chi connectivity index (χ2n) is 4.49. The van der Waals surface area contributed by atoms with Crippen molar-refractivity contribution in [1.82, 2.24) is 0 Å². The van der Waals surface area contributed by atoms with Gasteiger partial charge in [-0.25, -0.2) is 0 Å². The standard InChI is InChI=1S/C14H24N2/c1-4-10-16(11-9-15)14-8-6-5-7-13(14)12(2)3/h5-8,12H,4,9-11,15H2,1-3H3. The first-order valence-corrected chi connectivity index (χ1v) is 6.24. The summed E-state index contributed by atoms with van der Waals surface area (Å²) in [5.74, 6) is 0.563. The predicted octanol–water partition coefficient (Wildman–Crippen LogP) is 2.99. The van der Waals surface area contributed by atoms with Crippen molar-refractivity contribution in [3.8, 4) is 0 Å². The van der Waals surface area contributed by atoms with Gasteiger partial charge in [-0.3, -0.25) is 0 Å². The van der Waals surface area contributed by atoms with E-state index in [9.17, 15) is 0 Å². The molecule has 0 atom stereocenters. The number of nitrogens with two attached hydrogens (primary N) is 1. The SMILES string of the molecule is CCCN(CCN)c1ccccc1C(C)C. The molecule has 1 rings (SSSR count). The molecule has 0 saturated heterocycles. The van der Waals surface area contributed by atoms with E-state index in [-0.39, 0.29) is 0 Å². The zero-order chi connectivity index (χ0) is 12.0. The minimum absolute atomic E-state index is 0.563. The van der Waals surface area contributed by atoms with Crippen molar-refractivity contribution in [2.45, 2.75) is 33.1 Å². The molecule has 0 aliphatic carbocycles. The van der Waals surface area contributed by atoms with Gasteiger partial charge in [0.1, 0.15) is 0 Å². The molecule has 0 spiro atoms. The van der Waals surface area contributed by atoms with E-state index in [1.807, 2.05) is 0 Å². The Morgan fingerprint density at radius 3 is 2.44 bits per heavy atom. The van der Waals surface area contributed by atoms with Gasteiger partial charge >= 0.3 is 0 Å². The van der Waals surface area contributed by atoms with Crippen LogP contribution in [-0.4, -0.2) is 19.6 Å². The molecule has 0 unspecified atom stereocenters. The lowest BCUT2D eigenvalue weighted by Crippen LogP contribution is -2.31. The summed E-state index contributed by atoms with van der Waals surface area (Å²) in [4.78, 5) is 2.40. The summed E-state index contributed by atoms with van der Waals surface area (Å²) >= 11 is 0. The Balaban J connectivity index is 2.97. The molecule has 1 aromatic rings. The van der Waals surface area contributed by atoms with Crippen molar-refractivity contribution < 1.29 is 0 Å². The van der Waals surface area contributed by atoms with E-state index in [0.29, 0.717) is 12.5 Å². The van der Waals surface area contributed by atoms with Crippen molar-refractivity contribution in [3.05, 3.63) is 29.8 Å². The van der Waals surface area contributed by atoms with Crippen LogP contribution in [0.25, 0.3) is 0 Å². The molecule has 90 valence electrons. The van der Waals surface area contributed by atoms with E-state index in [2.05, 4.69) is 49.9 Å². The number of hydrogen-bond acceptors (Lipinski definition) is 2. The van der Waals surface area contributed by atoms with E-state index in [1.54, 1.807) is 0 Å². The average Bonchev–Trinajstić information content (AvgIpc) is 2.29. The molecule has 0 amide bonds. The fourth-order valence-electron chi connectivity index (χ4n) is 2.04. The third-order valence-electron chi connectivity index (χ3n) is 2.79. The minimum Gasteiger partial charge on any atom is -0.370 e. The lowest BCUT2D eigenvalue weighted by molar-refractivity contribution is 0.748. The number of hydrogen-bond donors (Lipinski definition) is 1. The molecule has 2 heteroatoms. The van der Waals surface area contributed by atoms with Crippen molar-refractivity contribution in [1.29, 1.82) is 0 Å². The topological polar surface area (TPSA) is 29.3 Å². The summed E-state index contributed by atoms with van der Waals surface area (Å²) in [7, 11) is 0. The fourth-order valence-corrected chi connectivity index (χ4v) is 2.04. The van der Waals surface area contributed by atoms with Gasteiger partial charge < -0.3 is 10.6 Å². The number of benzene rings is 1. The monoisotopic (exact) mass is 220 g/mol. The van der Waals surface area contributed by atoms with Crippen LogP contribution >= 0.6 is 0 Å². The smallest absolute Gasteiger partial charge is 0.0401 e. The van der Waals surface area contributed by atoms with Crippen LogP contribution in [0.5, 0.6) is 0 Å². The molecule has 16 heavy (non-hydrogen) atoms. The van der Waals surface area contributed by atoms with Crippen LogP contribution in [0.2, 0.25) is 0 Å². The highest BCUT2D eigenvalue weighted by Crippen LogP contribution is 2.27. The summed E-state index contributed by atoms with van der Waals surface area (Å²) in [6.45, 7) is 9.43. The molecule has 2 nitrogen and oxygen atoms in total. The third kappa shape index (κ3) is 3.24. The third-order valence-corrected chi connectivity index (χ3v) is 2.79. The number of nitrogens with zero attached hydrogens (tertiary/aromatic N) is 1. The largest absolute Gasteiger partial charge is 0.370 e. The van der Waals surface area contributed by atoms with Crippen LogP contribution < -0.4 is 10.6 Å². The van der Waals surface area contributed by atoms with Crippen molar-refractivity contribution in [2.75, 3.05) is 24.5 Å². The number of para-hydroxylation sites is 1. The van der Waals surface area contributed by atoms with E-state index >= 15 is 0 Å². The summed E-state index contributed by atoms with van der Waals surface area (Å²) in [5, 5.41) is 0. The Hall–Kier alpha value is -1.02. The van der Waals surface area contributed by atoms with Gasteiger partial charge in [-0.1, -0.05) is 39.0 Å². The quantitative estimate of drug-likeness (QED) is 0.798. The van der Waals surface area contributed by atoms with Crippen molar-refractivity contribution >= 4 is 5.69 Å². The molecule has 0 radical (unpaired) electrons. The molecular weight excluding hydrogens is 196 g/mol. The van der Waals surface area contributed by atoms with E-state index in [1.165, 1.54) is 11.3 Å². The first-order valence-electron chi connectivity index (χ1n) is 6.24. The lowest BCUT2D eigenvalue weighted by atomic mass is 10.0. The van der Waals surface area contributed by atoms with Gasteiger partial charge in [0.05, 0.1) is 0 Å². The van der Waals surface area contributed by atoms with Crippen LogP contribution in [0.15, 0.2) is 24.3 Å². The highest BCUT2D eigenvalue weighted by atomic mass is 15.1. The Bertz CT molecular complexity index is 301. The van der Waals surface area contributed by atoms with E-state index < -0.39 is 0 Å². The van der Waals surface area contributed by atoms with Gasteiger partial charge in [0.25, 0.3) is 0 Å². The molecule has 1 aromatic carbocycles. The molecule has 0 fully saturated rings. The Kier molecular flexibility index (Phi) is 5.33. The number of anilines is 1. The molecule has 0 aliphatic heterocycles. The molecular formula is C14H24N2. The summed E-state index contributed by atoms with van der Waals surface area (Å²) in [5.41, 5.74) is 8.45. The summed E-state index contributed by atoms with van der Waals surface area (Å²) in [6, 6.07) is 8.66. The normalized spacial score (nSPS) is 10.8. The molecule has 0 bridgehead atoms. The van der Waals surface area contributed by atoms with Crippen LogP contribution in [0, 0.1) is 0 Å². The molecule has 0 aromatic heterocycles. The first-order chi connectivity index (χ1) is 7.70. The van der Waals surface area contributed by atoms with Gasteiger partial charge in [-0.05, 0) is 24.0 Å². The predicted molar refractivity (Wildman–Crippen MR) is 72.1 cm³/mol. The van der Waals surface area contributed by atoms with Crippen LogP contribution in [0.1, 0.15) is 38.7 Å². The molecule has 0 saturated carbocycles. The van der Waals surface area contributed by atoms with E-state index in [4.69, 9.17) is 5.73 Å². The highest BCUT2D eigenvalue weighted by molar-refractivity contribution is 5.55. The second-order valence-corrected chi connectivity index (χ2v) is 4.49. The van der Waals surface area contributed by atoms with Gasteiger partial charge in [-0.15, -0.1) is 0 Å². The molecule has 0 heterocycles. The zero-order valence-electron chi connectivity index (χ0n) is 10.7. The minimum atomic E-state index is 0.563. The number of rotatable bonds is 6. The summed E-state index contributed by atoms with van der Waals surface area (Å²) < 4.78 is 0. The maximum absolute atomic E-state index is 5.68. The van der Waals surface area contributed by atoms with Crippen LogP contribution in [0.3, 0.4) is 0 Å². The van der Waals surface area contributed by atoms with Crippen molar-refractivity contribution in [2.24, 2.45) is 5.73 Å². The lowest BCUT2D eigenvalue weighted by Gasteiger charge is -2.27. The first kappa shape index (κ1) is 13.0. The van der Waals surface area contributed by atoms with E-state index in [0.717, 1.165) is 19.5 Å². The van der Waals surface area contributed by atoms with Crippen molar-refractivity contribution in [3.63, 3.8) is 0 Å². The maximum Gasteiger partial charge on any atom is 0.0401 e. The maximum atomic E-state index is 5.68. The Morgan fingerprint density at radius 2 is 1.88 bits per heavy atom. The molecule has 0 aliphatic rings. The van der Waals surface area contributed by atoms with Gasteiger partial charge in [-0.2, -0.15) is 0 Å². The van der Waals surface area contributed by atoms with Crippen LogP contribution in [-0.2, 0) is 0 Å². The van der Waals surface area contributed by atoms with Gasteiger partial charge in [0, 0.05) is 25.3 Å². The highest BCUT2D eigenvalue weighted by Gasteiger charge is 2.11. The molecule has 2 N–H and O–H groups in total. The Labute approximate surface area is 99.5 Å². The fraction of sp³-hybridized carbons (Fsp3) is 0.571. The van der Waals surface area contributed by atoms with Gasteiger partial charge in [0.2, 0.25) is 0 Å². The van der Waals surface area contributed by atoms with Crippen LogP contribution in [0.4, 0.5) is 5.69 Å². The second kappa shape index (κ2) is 6.54. The summed E-state index contributed by atoms with van der Waals surface area (Å²) in [6.07, 6.45) is 1.16. The average molecular weight is 220 g/mol. The Morgan fingerprint density at radius 1 is 1.19 bits per heavy atom. The van der Waals surface area contributed by atoms with Gasteiger partial charge in [0.15, 0.2) is 0 Å². The zero-order valence-corrected chi connectivity index (χ0v) is 10.7.